The van der Waals surface area contributed by atoms with Crippen molar-refractivity contribution >= 4 is 22.7 Å². The molecule has 0 amide bonds. The monoisotopic (exact) mass is 780 g/mol. The SMILES string of the molecule is CC(C)Cc1ccc(C(C)CN2C(=N)N([C@H](Cc3ccc4ccccc4c3)CN3CCCC3CN3C(N)=NC[C@@H]3Cc3ccccc3)C[C@H]2CC2CCCCC2)cc1. The summed E-state index contributed by atoms with van der Waals surface area (Å²) in [5.74, 6) is 3.21. The first kappa shape index (κ1) is 40.4. The van der Waals surface area contributed by atoms with Crippen LogP contribution < -0.4 is 5.73 Å². The molecule has 7 nitrogen and oxygen atoms in total. The standard InChI is InChI=1S/C51H69N7/c1-37(2)27-41-20-23-43(24-21-41)38(3)33-57-49(30-40-15-8-5-9-16-40)36-58(51(57)53)48(31-42-22-25-44-17-10-11-18-45(44)28-42)34-55-26-12-19-46(55)35-56-47(32-54-50(56)52)29-39-13-6-4-7-14-39/h4,6-7,10-11,13-14,17-18,20-25,28,37-38,40,46-49,53H,5,8-9,12,15-16,19,26-27,29-36H2,1-3H3,(H2,52,54)/t38?,46?,47-,48+,49+/m0/s1. The topological polar surface area (TPSA) is 75.2 Å². The van der Waals surface area contributed by atoms with Crippen LogP contribution >= 0.6 is 0 Å². The summed E-state index contributed by atoms with van der Waals surface area (Å²) >= 11 is 0. The van der Waals surface area contributed by atoms with Gasteiger partial charge in [-0.25, -0.2) is 0 Å². The second-order valence-electron chi connectivity index (χ2n) is 18.8. The summed E-state index contributed by atoms with van der Waals surface area (Å²) in [6.45, 7) is 12.5. The molecule has 0 bridgehead atoms. The van der Waals surface area contributed by atoms with Crippen LogP contribution in [0.15, 0.2) is 102 Å². The number of benzene rings is 4. The van der Waals surface area contributed by atoms with Gasteiger partial charge < -0.3 is 20.4 Å². The Labute approximate surface area is 349 Å². The van der Waals surface area contributed by atoms with E-state index in [4.69, 9.17) is 10.7 Å². The fraction of sp³-hybridized carbons (Fsp3) is 0.529. The number of likely N-dealkylation sites (tertiary alicyclic amines) is 1. The summed E-state index contributed by atoms with van der Waals surface area (Å²) < 4.78 is 0. The van der Waals surface area contributed by atoms with Crippen molar-refractivity contribution in [3.05, 3.63) is 119 Å². The molecule has 1 aliphatic carbocycles. The number of nitrogens with two attached hydrogens (primary N) is 1. The predicted molar refractivity (Wildman–Crippen MR) is 243 cm³/mol. The zero-order valence-corrected chi connectivity index (χ0v) is 35.6. The quantitative estimate of drug-likeness (QED) is 0.119. The van der Waals surface area contributed by atoms with Crippen molar-refractivity contribution in [1.82, 2.24) is 19.6 Å². The molecule has 4 aromatic rings. The van der Waals surface area contributed by atoms with Crippen molar-refractivity contribution < 1.29 is 0 Å². The van der Waals surface area contributed by atoms with Gasteiger partial charge in [-0.05, 0) is 95.8 Å². The summed E-state index contributed by atoms with van der Waals surface area (Å²) in [5, 5.41) is 12.6. The Bertz CT molecular complexity index is 1970. The Morgan fingerprint density at radius 2 is 1.45 bits per heavy atom. The molecular weight excluding hydrogens is 711 g/mol. The van der Waals surface area contributed by atoms with Gasteiger partial charge in [-0.1, -0.05) is 150 Å². The third-order valence-electron chi connectivity index (χ3n) is 14.0. The number of nitrogens with one attached hydrogen (secondary N) is 1. The van der Waals surface area contributed by atoms with Crippen molar-refractivity contribution in [1.29, 1.82) is 5.41 Å². The van der Waals surface area contributed by atoms with E-state index in [0.717, 1.165) is 70.4 Å². The second kappa shape index (κ2) is 18.7. The summed E-state index contributed by atoms with van der Waals surface area (Å²) in [5.41, 5.74) is 12.2. The highest BCUT2D eigenvalue weighted by Crippen LogP contribution is 2.34. The third-order valence-corrected chi connectivity index (χ3v) is 14.0. The zero-order chi connectivity index (χ0) is 40.0. The summed E-state index contributed by atoms with van der Waals surface area (Å²) in [6, 6.07) is 37.3. The zero-order valence-electron chi connectivity index (χ0n) is 35.6. The van der Waals surface area contributed by atoms with Crippen LogP contribution in [0.25, 0.3) is 10.8 Å². The minimum atomic E-state index is 0.198. The fourth-order valence-corrected chi connectivity index (χ4v) is 10.8. The van der Waals surface area contributed by atoms with Crippen molar-refractivity contribution in [3.8, 4) is 0 Å². The van der Waals surface area contributed by atoms with E-state index in [-0.39, 0.29) is 6.04 Å². The van der Waals surface area contributed by atoms with Gasteiger partial charge in [-0.15, -0.1) is 0 Å². The number of nitrogens with zero attached hydrogens (tertiary/aromatic N) is 5. The maximum absolute atomic E-state index is 10.1. The largest absolute Gasteiger partial charge is 0.370 e. The van der Waals surface area contributed by atoms with Gasteiger partial charge >= 0.3 is 0 Å². The highest BCUT2D eigenvalue weighted by Gasteiger charge is 2.42. The third kappa shape index (κ3) is 9.73. The van der Waals surface area contributed by atoms with Crippen molar-refractivity contribution in [2.75, 3.05) is 39.3 Å². The van der Waals surface area contributed by atoms with Gasteiger partial charge in [0.1, 0.15) is 0 Å². The smallest absolute Gasteiger partial charge is 0.194 e. The molecule has 0 radical (unpaired) electrons. The number of hydrogen-bond donors (Lipinski definition) is 2. The molecule has 3 heterocycles. The molecule has 308 valence electrons. The van der Waals surface area contributed by atoms with E-state index in [1.54, 1.807) is 0 Å². The number of aliphatic imine (C=N–C) groups is 1. The van der Waals surface area contributed by atoms with Gasteiger partial charge in [0.25, 0.3) is 0 Å². The van der Waals surface area contributed by atoms with Gasteiger partial charge in [-0.2, -0.15) is 0 Å². The van der Waals surface area contributed by atoms with Crippen molar-refractivity contribution in [2.45, 2.75) is 121 Å². The molecule has 4 aliphatic rings. The first-order chi connectivity index (χ1) is 28.3. The van der Waals surface area contributed by atoms with Crippen LogP contribution in [0.3, 0.4) is 0 Å². The van der Waals surface area contributed by atoms with E-state index in [1.807, 2.05) is 0 Å². The highest BCUT2D eigenvalue weighted by molar-refractivity contribution is 5.83. The maximum Gasteiger partial charge on any atom is 0.194 e. The lowest BCUT2D eigenvalue weighted by molar-refractivity contribution is 0.155. The van der Waals surface area contributed by atoms with Gasteiger partial charge in [-0.3, -0.25) is 15.3 Å². The van der Waals surface area contributed by atoms with Crippen LogP contribution in [0.2, 0.25) is 0 Å². The Hall–Kier alpha value is -4.36. The summed E-state index contributed by atoms with van der Waals surface area (Å²) in [7, 11) is 0. The summed E-state index contributed by atoms with van der Waals surface area (Å²) in [4.78, 5) is 15.0. The maximum atomic E-state index is 10.1. The molecule has 2 unspecified atom stereocenters. The van der Waals surface area contributed by atoms with Crippen LogP contribution in [0.5, 0.6) is 0 Å². The average Bonchev–Trinajstić information content (AvgIpc) is 3.91. The fourth-order valence-electron chi connectivity index (χ4n) is 10.8. The molecule has 2 saturated heterocycles. The molecule has 8 rings (SSSR count). The van der Waals surface area contributed by atoms with Crippen molar-refractivity contribution in [3.63, 3.8) is 0 Å². The molecule has 58 heavy (non-hydrogen) atoms. The Morgan fingerprint density at radius 1 is 0.707 bits per heavy atom. The molecule has 3 N–H and O–H groups in total. The minimum absolute atomic E-state index is 0.198. The van der Waals surface area contributed by atoms with Crippen LogP contribution in [0, 0.1) is 17.2 Å². The molecule has 3 fully saturated rings. The highest BCUT2D eigenvalue weighted by atomic mass is 15.5. The Balaban J connectivity index is 1.05. The normalized spacial score (nSPS) is 23.0. The van der Waals surface area contributed by atoms with Gasteiger partial charge in [0, 0.05) is 44.3 Å². The molecular formula is C51H69N7. The van der Waals surface area contributed by atoms with Crippen LogP contribution in [-0.2, 0) is 19.3 Å². The molecule has 4 aromatic carbocycles. The number of fused-ring (bicyclic) bond motifs is 1. The molecule has 1 saturated carbocycles. The van der Waals surface area contributed by atoms with E-state index in [0.29, 0.717) is 35.9 Å². The van der Waals surface area contributed by atoms with Gasteiger partial charge in [0.15, 0.2) is 11.9 Å². The van der Waals surface area contributed by atoms with Gasteiger partial charge in [0.05, 0.1) is 12.6 Å². The number of hydrogen-bond acceptors (Lipinski definition) is 5. The Morgan fingerprint density at radius 3 is 2.22 bits per heavy atom. The van der Waals surface area contributed by atoms with E-state index in [9.17, 15) is 5.41 Å². The van der Waals surface area contributed by atoms with Crippen LogP contribution in [0.1, 0.15) is 100 Å². The van der Waals surface area contributed by atoms with Gasteiger partial charge in [0.2, 0.25) is 0 Å². The molecule has 0 aromatic heterocycles. The first-order valence-corrected chi connectivity index (χ1v) is 22.8. The van der Waals surface area contributed by atoms with E-state index < -0.39 is 0 Å². The number of guanidine groups is 2. The number of rotatable bonds is 16. The lowest BCUT2D eigenvalue weighted by Gasteiger charge is -2.37. The lowest BCUT2D eigenvalue weighted by Crippen LogP contribution is -2.52. The molecule has 5 atom stereocenters. The van der Waals surface area contributed by atoms with E-state index >= 15 is 0 Å². The predicted octanol–water partition coefficient (Wildman–Crippen LogP) is 9.35. The molecule has 7 heteroatoms. The first-order valence-electron chi connectivity index (χ1n) is 22.8. The average molecular weight is 780 g/mol. The van der Waals surface area contributed by atoms with Crippen molar-refractivity contribution in [2.24, 2.45) is 22.6 Å². The molecule has 0 spiro atoms. The van der Waals surface area contributed by atoms with Crippen LogP contribution in [0.4, 0.5) is 0 Å². The second-order valence-corrected chi connectivity index (χ2v) is 18.8. The van der Waals surface area contributed by atoms with Crippen LogP contribution in [-0.4, -0.2) is 95.0 Å². The lowest BCUT2D eigenvalue weighted by atomic mass is 9.84. The van der Waals surface area contributed by atoms with E-state index in [1.165, 1.54) is 84.4 Å². The Kier molecular flexibility index (Phi) is 13.0. The summed E-state index contributed by atoms with van der Waals surface area (Å²) in [6.07, 6.45) is 13.4. The minimum Gasteiger partial charge on any atom is -0.370 e. The van der Waals surface area contributed by atoms with E-state index in [2.05, 4.69) is 137 Å². The molecule has 3 aliphatic heterocycles.